The predicted octanol–water partition coefficient (Wildman–Crippen LogP) is 3.85. The van der Waals surface area contributed by atoms with Crippen LogP contribution in [0, 0.1) is 29.1 Å². The van der Waals surface area contributed by atoms with Crippen LogP contribution in [0.5, 0.6) is 0 Å². The second-order valence-electron chi connectivity index (χ2n) is 10.1. The van der Waals surface area contributed by atoms with Crippen LogP contribution in [0.1, 0.15) is 68.8 Å². The fourth-order valence-corrected chi connectivity index (χ4v) is 7.12. The van der Waals surface area contributed by atoms with Crippen LogP contribution in [0.25, 0.3) is 0 Å². The van der Waals surface area contributed by atoms with Crippen LogP contribution < -0.4 is 5.32 Å². The van der Waals surface area contributed by atoms with Crippen molar-refractivity contribution in [1.29, 1.82) is 0 Å². The van der Waals surface area contributed by atoms with Crippen LogP contribution in [0.3, 0.4) is 0 Å². The van der Waals surface area contributed by atoms with Crippen molar-refractivity contribution in [3.63, 3.8) is 0 Å². The molecule has 4 bridgehead atoms. The van der Waals surface area contributed by atoms with Crippen LogP contribution in [-0.2, 0) is 4.79 Å². The second kappa shape index (κ2) is 6.93. The summed E-state index contributed by atoms with van der Waals surface area (Å²) in [6, 6.07) is 3.67. The Morgan fingerprint density at radius 3 is 2.46 bits per heavy atom. The normalized spacial score (nSPS) is 37.7. The van der Waals surface area contributed by atoms with Gasteiger partial charge in [0, 0.05) is 19.1 Å². The molecule has 4 saturated carbocycles. The zero-order valence-corrected chi connectivity index (χ0v) is 16.9. The molecule has 1 aromatic heterocycles. The van der Waals surface area contributed by atoms with Gasteiger partial charge >= 0.3 is 0 Å². The molecular formula is C23H32N2O3. The lowest BCUT2D eigenvalue weighted by Crippen LogP contribution is -2.57. The predicted molar refractivity (Wildman–Crippen MR) is 106 cm³/mol. The summed E-state index contributed by atoms with van der Waals surface area (Å²) in [4.78, 5) is 27.4. The van der Waals surface area contributed by atoms with E-state index in [9.17, 15) is 9.59 Å². The maximum absolute atomic E-state index is 13.1. The SMILES string of the molecule is C[C@@H](NC(=O)[C@H]1CCCN(C(=O)c2ccco2)C1)C12CC3CC(CC(C3)C1)C2. The molecule has 6 rings (SSSR count). The number of nitrogens with one attached hydrogen (secondary N) is 1. The van der Waals surface area contributed by atoms with Gasteiger partial charge in [-0.05, 0) is 93.6 Å². The molecule has 5 heteroatoms. The summed E-state index contributed by atoms with van der Waals surface area (Å²) in [6.07, 6.45) is 11.4. The first-order valence-corrected chi connectivity index (χ1v) is 11.2. The Morgan fingerprint density at radius 2 is 1.86 bits per heavy atom. The van der Waals surface area contributed by atoms with Crippen molar-refractivity contribution >= 4 is 11.8 Å². The summed E-state index contributed by atoms with van der Waals surface area (Å²) < 4.78 is 5.25. The first-order chi connectivity index (χ1) is 13.5. The summed E-state index contributed by atoms with van der Waals surface area (Å²) >= 11 is 0. The number of hydrogen-bond acceptors (Lipinski definition) is 3. The van der Waals surface area contributed by atoms with Crippen LogP contribution in [0.2, 0.25) is 0 Å². The van der Waals surface area contributed by atoms with Crippen molar-refractivity contribution in [2.45, 2.75) is 64.3 Å². The van der Waals surface area contributed by atoms with Gasteiger partial charge in [-0.15, -0.1) is 0 Å². The molecule has 1 saturated heterocycles. The van der Waals surface area contributed by atoms with Gasteiger partial charge in [-0.3, -0.25) is 9.59 Å². The molecule has 1 aromatic rings. The van der Waals surface area contributed by atoms with E-state index in [4.69, 9.17) is 4.42 Å². The van der Waals surface area contributed by atoms with Gasteiger partial charge in [-0.25, -0.2) is 0 Å². The van der Waals surface area contributed by atoms with Crippen LogP contribution in [0.15, 0.2) is 22.8 Å². The van der Waals surface area contributed by atoms with Gasteiger partial charge in [-0.2, -0.15) is 0 Å². The molecule has 152 valence electrons. The van der Waals surface area contributed by atoms with Gasteiger partial charge < -0.3 is 14.6 Å². The van der Waals surface area contributed by atoms with Crippen LogP contribution in [0.4, 0.5) is 0 Å². The first kappa shape index (κ1) is 18.3. The molecule has 0 spiro atoms. The molecule has 5 aliphatic rings. The zero-order valence-electron chi connectivity index (χ0n) is 16.9. The van der Waals surface area contributed by atoms with Gasteiger partial charge in [0.15, 0.2) is 5.76 Å². The number of carbonyl (C=O) groups is 2. The number of piperidine rings is 1. The number of carbonyl (C=O) groups excluding carboxylic acids is 2. The standard InChI is InChI=1S/C23H32N2O3/c1-15(23-11-16-8-17(12-23)10-18(9-16)13-23)24-21(26)19-4-2-6-25(14-19)22(27)20-5-3-7-28-20/h3,5,7,15-19H,2,4,6,8-14H2,1H3,(H,24,26)/t15-,16?,17?,18?,19+,23?/m1/s1. The first-order valence-electron chi connectivity index (χ1n) is 11.2. The second-order valence-corrected chi connectivity index (χ2v) is 10.1. The number of furan rings is 1. The highest BCUT2D eigenvalue weighted by Crippen LogP contribution is 2.61. The number of nitrogens with zero attached hydrogens (tertiary/aromatic N) is 1. The Balaban J connectivity index is 1.22. The maximum atomic E-state index is 13.1. The third-order valence-electron chi connectivity index (χ3n) is 8.17. The van der Waals surface area contributed by atoms with E-state index < -0.39 is 0 Å². The molecule has 0 unspecified atom stereocenters. The number of likely N-dealkylation sites (tertiary alicyclic amines) is 1. The maximum Gasteiger partial charge on any atom is 0.289 e. The highest BCUT2D eigenvalue weighted by atomic mass is 16.3. The number of rotatable bonds is 4. The minimum absolute atomic E-state index is 0.100. The van der Waals surface area contributed by atoms with E-state index in [2.05, 4.69) is 12.2 Å². The van der Waals surface area contributed by atoms with Crippen molar-refractivity contribution in [2.75, 3.05) is 13.1 Å². The molecule has 28 heavy (non-hydrogen) atoms. The lowest BCUT2D eigenvalue weighted by molar-refractivity contribution is -0.131. The monoisotopic (exact) mass is 384 g/mol. The van der Waals surface area contributed by atoms with E-state index in [0.717, 1.165) is 30.6 Å². The van der Waals surface area contributed by atoms with E-state index >= 15 is 0 Å². The minimum atomic E-state index is -0.107. The number of hydrogen-bond donors (Lipinski definition) is 1. The van der Waals surface area contributed by atoms with E-state index in [0.29, 0.717) is 24.3 Å². The van der Waals surface area contributed by atoms with E-state index in [1.165, 1.54) is 44.8 Å². The van der Waals surface area contributed by atoms with Gasteiger partial charge in [0.1, 0.15) is 0 Å². The van der Waals surface area contributed by atoms with Crippen molar-refractivity contribution in [3.8, 4) is 0 Å². The summed E-state index contributed by atoms with van der Waals surface area (Å²) in [6.45, 7) is 3.44. The lowest BCUT2D eigenvalue weighted by Gasteiger charge is -2.59. The quantitative estimate of drug-likeness (QED) is 0.858. The number of amides is 2. The highest BCUT2D eigenvalue weighted by molar-refractivity contribution is 5.92. The molecule has 0 radical (unpaired) electrons. The Kier molecular flexibility index (Phi) is 4.52. The Morgan fingerprint density at radius 1 is 1.18 bits per heavy atom. The molecule has 2 amide bonds. The molecule has 2 atom stereocenters. The van der Waals surface area contributed by atoms with Gasteiger partial charge in [0.2, 0.25) is 5.91 Å². The van der Waals surface area contributed by atoms with Crippen molar-refractivity contribution < 1.29 is 14.0 Å². The Bertz CT molecular complexity index is 706. The zero-order chi connectivity index (χ0) is 19.3. The molecular weight excluding hydrogens is 352 g/mol. The molecule has 4 aliphatic carbocycles. The fourth-order valence-electron chi connectivity index (χ4n) is 7.12. The summed E-state index contributed by atoms with van der Waals surface area (Å²) in [5, 5.41) is 3.40. The smallest absolute Gasteiger partial charge is 0.289 e. The van der Waals surface area contributed by atoms with Crippen LogP contribution >= 0.6 is 0 Å². The van der Waals surface area contributed by atoms with Crippen molar-refractivity contribution in [3.05, 3.63) is 24.2 Å². The topological polar surface area (TPSA) is 62.6 Å². The molecule has 5 nitrogen and oxygen atoms in total. The van der Waals surface area contributed by atoms with E-state index in [-0.39, 0.29) is 23.8 Å². The van der Waals surface area contributed by atoms with Gasteiger partial charge in [0.05, 0.1) is 12.2 Å². The summed E-state index contributed by atoms with van der Waals surface area (Å²) in [5.74, 6) is 2.97. The third-order valence-corrected chi connectivity index (χ3v) is 8.17. The molecule has 1 aliphatic heterocycles. The molecule has 1 N–H and O–H groups in total. The van der Waals surface area contributed by atoms with Crippen molar-refractivity contribution in [1.82, 2.24) is 10.2 Å². The molecule has 2 heterocycles. The van der Waals surface area contributed by atoms with Gasteiger partial charge in [-0.1, -0.05) is 0 Å². The lowest BCUT2D eigenvalue weighted by atomic mass is 9.48. The average molecular weight is 385 g/mol. The Labute approximate surface area is 167 Å². The third kappa shape index (κ3) is 3.17. The highest BCUT2D eigenvalue weighted by Gasteiger charge is 2.53. The largest absolute Gasteiger partial charge is 0.459 e. The van der Waals surface area contributed by atoms with E-state index in [1.54, 1.807) is 17.0 Å². The Hall–Kier alpha value is -1.78. The average Bonchev–Trinajstić information content (AvgIpc) is 3.21. The van der Waals surface area contributed by atoms with Gasteiger partial charge in [0.25, 0.3) is 5.91 Å². The minimum Gasteiger partial charge on any atom is -0.459 e. The summed E-state index contributed by atoms with van der Waals surface area (Å²) in [7, 11) is 0. The van der Waals surface area contributed by atoms with E-state index in [1.807, 2.05) is 0 Å². The summed E-state index contributed by atoms with van der Waals surface area (Å²) in [5.41, 5.74) is 0.322. The van der Waals surface area contributed by atoms with Crippen molar-refractivity contribution in [2.24, 2.45) is 29.1 Å². The fraction of sp³-hybridized carbons (Fsp3) is 0.739. The molecule has 5 fully saturated rings. The van der Waals surface area contributed by atoms with Crippen LogP contribution in [-0.4, -0.2) is 35.8 Å². The molecule has 0 aromatic carbocycles.